The Balaban J connectivity index is 1.75. The molecule has 1 aliphatic rings. The van der Waals surface area contributed by atoms with Crippen LogP contribution in [0.2, 0.25) is 5.02 Å². The number of hydrogen-bond acceptors (Lipinski definition) is 4. The number of carbonyl (C=O) groups is 2. The van der Waals surface area contributed by atoms with Crippen molar-refractivity contribution >= 4 is 23.4 Å². The van der Waals surface area contributed by atoms with Gasteiger partial charge in [-0.1, -0.05) is 23.7 Å². The standard InChI is InChI=1S/C19H20ClN3O3/c20-15-3-1-2-14(10-15)19(6-8-26-9-7-19)12-23-18(25)13-4-5-16(17(21)24)22-11-13/h1-5,10-11H,6-9,12H2,(H2,21,24)(H,23,25). The lowest BCUT2D eigenvalue weighted by atomic mass is 9.74. The van der Waals surface area contributed by atoms with Gasteiger partial charge in [-0.05, 0) is 42.7 Å². The van der Waals surface area contributed by atoms with E-state index in [1.165, 1.54) is 12.3 Å². The van der Waals surface area contributed by atoms with E-state index in [1.807, 2.05) is 24.3 Å². The van der Waals surface area contributed by atoms with Crippen LogP contribution in [0.15, 0.2) is 42.6 Å². The van der Waals surface area contributed by atoms with Crippen LogP contribution in [-0.4, -0.2) is 36.6 Å². The van der Waals surface area contributed by atoms with Gasteiger partial charge in [0.15, 0.2) is 0 Å². The SMILES string of the molecule is NC(=O)c1ccc(C(=O)NCC2(c3cccc(Cl)c3)CCOCC2)cn1. The van der Waals surface area contributed by atoms with E-state index in [-0.39, 0.29) is 17.0 Å². The van der Waals surface area contributed by atoms with Gasteiger partial charge in [0.2, 0.25) is 0 Å². The van der Waals surface area contributed by atoms with Crippen molar-refractivity contribution in [3.63, 3.8) is 0 Å². The summed E-state index contributed by atoms with van der Waals surface area (Å²) in [6.45, 7) is 1.74. The van der Waals surface area contributed by atoms with Crippen molar-refractivity contribution in [3.05, 3.63) is 64.4 Å². The molecule has 136 valence electrons. The highest BCUT2D eigenvalue weighted by Gasteiger charge is 2.35. The summed E-state index contributed by atoms with van der Waals surface area (Å²) in [7, 11) is 0. The predicted molar refractivity (Wildman–Crippen MR) is 98.3 cm³/mol. The van der Waals surface area contributed by atoms with E-state index in [0.29, 0.717) is 30.3 Å². The molecule has 1 saturated heterocycles. The minimum Gasteiger partial charge on any atom is -0.381 e. The zero-order valence-electron chi connectivity index (χ0n) is 14.2. The Kier molecular flexibility index (Phi) is 5.54. The fourth-order valence-electron chi connectivity index (χ4n) is 3.17. The molecule has 0 unspecified atom stereocenters. The van der Waals surface area contributed by atoms with Crippen LogP contribution in [0.3, 0.4) is 0 Å². The number of amides is 2. The number of primary amides is 1. The van der Waals surface area contributed by atoms with E-state index in [4.69, 9.17) is 22.1 Å². The van der Waals surface area contributed by atoms with Crippen LogP contribution < -0.4 is 11.1 Å². The van der Waals surface area contributed by atoms with Crippen molar-refractivity contribution in [1.29, 1.82) is 0 Å². The van der Waals surface area contributed by atoms with Crippen LogP contribution in [-0.2, 0) is 10.2 Å². The Morgan fingerprint density at radius 1 is 1.23 bits per heavy atom. The maximum absolute atomic E-state index is 12.5. The second kappa shape index (κ2) is 7.85. The summed E-state index contributed by atoms with van der Waals surface area (Å²) >= 11 is 6.16. The van der Waals surface area contributed by atoms with Gasteiger partial charge in [-0.15, -0.1) is 0 Å². The number of halogens is 1. The lowest BCUT2D eigenvalue weighted by molar-refractivity contribution is 0.0487. The highest BCUT2D eigenvalue weighted by atomic mass is 35.5. The molecule has 2 amide bonds. The second-order valence-electron chi connectivity index (χ2n) is 6.38. The smallest absolute Gasteiger partial charge is 0.267 e. The quantitative estimate of drug-likeness (QED) is 0.840. The number of nitrogens with zero attached hydrogens (tertiary/aromatic N) is 1. The summed E-state index contributed by atoms with van der Waals surface area (Å²) in [6, 6.07) is 10.7. The lowest BCUT2D eigenvalue weighted by Gasteiger charge is -2.38. The van der Waals surface area contributed by atoms with Crippen LogP contribution in [0.1, 0.15) is 39.3 Å². The van der Waals surface area contributed by atoms with E-state index in [0.717, 1.165) is 18.4 Å². The first-order valence-corrected chi connectivity index (χ1v) is 8.76. The number of carbonyl (C=O) groups excluding carboxylic acids is 2. The molecule has 0 atom stereocenters. The van der Waals surface area contributed by atoms with Crippen LogP contribution >= 0.6 is 11.6 Å². The average molecular weight is 374 g/mol. The molecule has 0 bridgehead atoms. The summed E-state index contributed by atoms with van der Waals surface area (Å²) < 4.78 is 5.50. The molecule has 3 rings (SSSR count). The van der Waals surface area contributed by atoms with Gasteiger partial charge in [-0.25, -0.2) is 0 Å². The van der Waals surface area contributed by atoms with Crippen LogP contribution in [0.5, 0.6) is 0 Å². The number of aromatic nitrogens is 1. The zero-order valence-corrected chi connectivity index (χ0v) is 15.0. The predicted octanol–water partition coefficient (Wildman–Crippen LogP) is 2.31. The first kappa shape index (κ1) is 18.4. The number of nitrogens with two attached hydrogens (primary N) is 1. The Labute approximate surface area is 156 Å². The summed E-state index contributed by atoms with van der Waals surface area (Å²) in [4.78, 5) is 27.5. The molecule has 0 aliphatic carbocycles. The molecule has 1 aromatic carbocycles. The topological polar surface area (TPSA) is 94.3 Å². The number of nitrogens with one attached hydrogen (secondary N) is 1. The third-order valence-electron chi connectivity index (χ3n) is 4.75. The van der Waals surface area contributed by atoms with Crippen molar-refractivity contribution in [3.8, 4) is 0 Å². The number of hydrogen-bond donors (Lipinski definition) is 2. The molecule has 0 spiro atoms. The number of ether oxygens (including phenoxy) is 1. The van der Waals surface area contributed by atoms with Gasteiger partial charge in [0.1, 0.15) is 5.69 Å². The van der Waals surface area contributed by atoms with Gasteiger partial charge >= 0.3 is 0 Å². The third-order valence-corrected chi connectivity index (χ3v) is 4.99. The van der Waals surface area contributed by atoms with E-state index in [2.05, 4.69) is 10.3 Å². The van der Waals surface area contributed by atoms with E-state index in [9.17, 15) is 9.59 Å². The van der Waals surface area contributed by atoms with Crippen molar-refractivity contribution in [2.45, 2.75) is 18.3 Å². The van der Waals surface area contributed by atoms with Gasteiger partial charge in [0.25, 0.3) is 11.8 Å². The fraction of sp³-hybridized carbons (Fsp3) is 0.316. The van der Waals surface area contributed by atoms with Gasteiger partial charge < -0.3 is 15.8 Å². The van der Waals surface area contributed by atoms with E-state index >= 15 is 0 Å². The van der Waals surface area contributed by atoms with Crippen LogP contribution in [0.4, 0.5) is 0 Å². The van der Waals surface area contributed by atoms with Gasteiger partial charge in [0.05, 0.1) is 5.56 Å². The lowest BCUT2D eigenvalue weighted by Crippen LogP contribution is -2.44. The summed E-state index contributed by atoms with van der Waals surface area (Å²) in [5.41, 5.74) is 6.54. The second-order valence-corrected chi connectivity index (χ2v) is 6.82. The van der Waals surface area contributed by atoms with Gasteiger partial charge in [-0.3, -0.25) is 14.6 Å². The number of rotatable bonds is 5. The molecule has 2 heterocycles. The molecule has 7 heteroatoms. The molecule has 26 heavy (non-hydrogen) atoms. The molecule has 3 N–H and O–H groups in total. The number of pyridine rings is 1. The Hall–Kier alpha value is -2.44. The maximum Gasteiger partial charge on any atom is 0.267 e. The van der Waals surface area contributed by atoms with Crippen molar-refractivity contribution in [1.82, 2.24) is 10.3 Å². The van der Waals surface area contributed by atoms with Crippen molar-refractivity contribution in [2.24, 2.45) is 5.73 Å². The zero-order chi connectivity index (χ0) is 18.6. The summed E-state index contributed by atoms with van der Waals surface area (Å²) in [5.74, 6) is -0.875. The number of benzene rings is 1. The third kappa shape index (κ3) is 4.03. The van der Waals surface area contributed by atoms with E-state index in [1.54, 1.807) is 6.07 Å². The maximum atomic E-state index is 12.5. The Morgan fingerprint density at radius 2 is 2.00 bits per heavy atom. The van der Waals surface area contributed by atoms with Crippen LogP contribution in [0, 0.1) is 0 Å². The molecular weight excluding hydrogens is 354 g/mol. The molecule has 0 radical (unpaired) electrons. The minimum absolute atomic E-state index is 0.126. The largest absolute Gasteiger partial charge is 0.381 e. The normalized spacial score (nSPS) is 16.0. The monoisotopic (exact) mass is 373 g/mol. The van der Waals surface area contributed by atoms with Crippen molar-refractivity contribution < 1.29 is 14.3 Å². The summed E-state index contributed by atoms with van der Waals surface area (Å²) in [5, 5.41) is 3.65. The molecule has 6 nitrogen and oxygen atoms in total. The van der Waals surface area contributed by atoms with Crippen LogP contribution in [0.25, 0.3) is 0 Å². The van der Waals surface area contributed by atoms with Crippen molar-refractivity contribution in [2.75, 3.05) is 19.8 Å². The molecule has 1 aromatic heterocycles. The summed E-state index contributed by atoms with van der Waals surface area (Å²) in [6.07, 6.45) is 2.95. The average Bonchev–Trinajstić information content (AvgIpc) is 2.67. The van der Waals surface area contributed by atoms with E-state index < -0.39 is 5.91 Å². The molecular formula is C19H20ClN3O3. The minimum atomic E-state index is -0.626. The highest BCUT2D eigenvalue weighted by Crippen LogP contribution is 2.35. The molecule has 2 aromatic rings. The molecule has 0 saturated carbocycles. The van der Waals surface area contributed by atoms with Gasteiger partial charge in [0, 0.05) is 36.4 Å². The van der Waals surface area contributed by atoms with Gasteiger partial charge in [-0.2, -0.15) is 0 Å². The Morgan fingerprint density at radius 3 is 2.62 bits per heavy atom. The molecule has 1 aliphatic heterocycles. The fourth-order valence-corrected chi connectivity index (χ4v) is 3.36. The Bertz CT molecular complexity index is 802. The highest BCUT2D eigenvalue weighted by molar-refractivity contribution is 6.30. The first-order chi connectivity index (χ1) is 12.5. The molecule has 1 fully saturated rings. The first-order valence-electron chi connectivity index (χ1n) is 8.38.